The molecule has 0 saturated heterocycles. The number of nitro benzene ring substituents is 1. The van der Waals surface area contributed by atoms with E-state index in [-0.39, 0.29) is 5.69 Å². The fraction of sp³-hybridized carbons (Fsp3) is 0.211. The molecule has 0 heterocycles. The van der Waals surface area contributed by atoms with Crippen molar-refractivity contribution in [2.24, 2.45) is 5.10 Å². The molecule has 2 aromatic rings. The van der Waals surface area contributed by atoms with E-state index in [0.717, 1.165) is 19.3 Å². The standard InChI is InChI=1S/C19H20N4O4/c1-2-3-4-14-5-9-16(10-6-14)21-18(24)19(25)22-20-13-15-7-11-17(12-8-15)23(26)27/h5-13H,2-4H2,1H3,(H,21,24)(H,22,25). The highest BCUT2D eigenvalue weighted by Gasteiger charge is 2.12. The predicted octanol–water partition coefficient (Wildman–Crippen LogP) is 3.03. The normalized spacial score (nSPS) is 10.6. The Morgan fingerprint density at radius 2 is 1.74 bits per heavy atom. The van der Waals surface area contributed by atoms with Gasteiger partial charge in [-0.3, -0.25) is 19.7 Å². The van der Waals surface area contributed by atoms with Crippen LogP contribution in [-0.4, -0.2) is 23.0 Å². The topological polar surface area (TPSA) is 114 Å². The van der Waals surface area contributed by atoms with Gasteiger partial charge in [0.05, 0.1) is 11.1 Å². The third-order valence-corrected chi connectivity index (χ3v) is 3.72. The molecular formula is C19H20N4O4. The number of hydrazone groups is 1. The lowest BCUT2D eigenvalue weighted by Crippen LogP contribution is -2.32. The van der Waals surface area contributed by atoms with Crippen LogP contribution in [0.1, 0.15) is 30.9 Å². The van der Waals surface area contributed by atoms with Crippen molar-refractivity contribution in [1.82, 2.24) is 5.43 Å². The molecule has 0 atom stereocenters. The van der Waals surface area contributed by atoms with Gasteiger partial charge in [-0.25, -0.2) is 5.43 Å². The zero-order chi connectivity index (χ0) is 19.6. The summed E-state index contributed by atoms with van der Waals surface area (Å²) in [5, 5.41) is 16.7. The predicted molar refractivity (Wildman–Crippen MR) is 103 cm³/mol. The number of nitrogens with one attached hydrogen (secondary N) is 2. The van der Waals surface area contributed by atoms with Crippen molar-refractivity contribution < 1.29 is 14.5 Å². The van der Waals surface area contributed by atoms with Gasteiger partial charge in [-0.1, -0.05) is 25.5 Å². The number of amides is 2. The van der Waals surface area contributed by atoms with Crippen LogP contribution in [0.25, 0.3) is 0 Å². The molecule has 2 rings (SSSR count). The molecule has 140 valence electrons. The van der Waals surface area contributed by atoms with E-state index >= 15 is 0 Å². The van der Waals surface area contributed by atoms with Crippen molar-refractivity contribution in [3.05, 3.63) is 69.8 Å². The summed E-state index contributed by atoms with van der Waals surface area (Å²) in [7, 11) is 0. The Kier molecular flexibility index (Phi) is 7.18. The van der Waals surface area contributed by atoms with Crippen LogP contribution >= 0.6 is 0 Å². The first-order valence-electron chi connectivity index (χ1n) is 8.47. The molecule has 8 nitrogen and oxygen atoms in total. The first-order valence-corrected chi connectivity index (χ1v) is 8.47. The quantitative estimate of drug-likeness (QED) is 0.338. The monoisotopic (exact) mass is 368 g/mol. The molecule has 0 saturated carbocycles. The lowest BCUT2D eigenvalue weighted by molar-refractivity contribution is -0.384. The summed E-state index contributed by atoms with van der Waals surface area (Å²) in [5.74, 6) is -1.75. The molecule has 8 heteroatoms. The van der Waals surface area contributed by atoms with Gasteiger partial charge in [0.1, 0.15) is 0 Å². The van der Waals surface area contributed by atoms with Crippen LogP contribution in [0.4, 0.5) is 11.4 Å². The van der Waals surface area contributed by atoms with Crippen molar-refractivity contribution in [3.8, 4) is 0 Å². The molecule has 0 aromatic heterocycles. The van der Waals surface area contributed by atoms with Gasteiger partial charge in [0.15, 0.2) is 0 Å². The fourth-order valence-electron chi connectivity index (χ4n) is 2.22. The Bertz CT molecular complexity index is 830. The molecule has 0 bridgehead atoms. The van der Waals surface area contributed by atoms with Crippen LogP contribution in [0.15, 0.2) is 53.6 Å². The number of rotatable bonds is 7. The van der Waals surface area contributed by atoms with Crippen molar-refractivity contribution >= 4 is 29.4 Å². The zero-order valence-corrected chi connectivity index (χ0v) is 14.8. The Balaban J connectivity index is 1.84. The number of non-ortho nitro benzene ring substituents is 1. The van der Waals surface area contributed by atoms with E-state index in [1.54, 1.807) is 12.1 Å². The average molecular weight is 368 g/mol. The van der Waals surface area contributed by atoms with E-state index < -0.39 is 16.7 Å². The molecule has 0 fully saturated rings. The lowest BCUT2D eigenvalue weighted by atomic mass is 10.1. The van der Waals surface area contributed by atoms with Gasteiger partial charge in [-0.2, -0.15) is 5.10 Å². The highest BCUT2D eigenvalue weighted by atomic mass is 16.6. The first-order chi connectivity index (χ1) is 13.0. The van der Waals surface area contributed by atoms with E-state index in [1.807, 2.05) is 12.1 Å². The number of carbonyl (C=O) groups is 2. The summed E-state index contributed by atoms with van der Waals surface area (Å²) >= 11 is 0. The SMILES string of the molecule is CCCCc1ccc(NC(=O)C(=O)NN=Cc2ccc([N+](=O)[O-])cc2)cc1. The van der Waals surface area contributed by atoms with Crippen LogP contribution in [-0.2, 0) is 16.0 Å². The van der Waals surface area contributed by atoms with Crippen molar-refractivity contribution in [3.63, 3.8) is 0 Å². The summed E-state index contributed by atoms with van der Waals surface area (Å²) < 4.78 is 0. The summed E-state index contributed by atoms with van der Waals surface area (Å²) in [5.41, 5.74) is 4.31. The minimum absolute atomic E-state index is 0.0451. The van der Waals surface area contributed by atoms with Gasteiger partial charge in [0.2, 0.25) is 0 Å². The Morgan fingerprint density at radius 1 is 1.07 bits per heavy atom. The number of benzene rings is 2. The van der Waals surface area contributed by atoms with Crippen molar-refractivity contribution in [2.75, 3.05) is 5.32 Å². The number of unbranched alkanes of at least 4 members (excludes halogenated alkanes) is 1. The first kappa shape index (κ1) is 19.8. The Hall–Kier alpha value is -3.55. The molecule has 0 unspecified atom stereocenters. The Labute approximate surface area is 156 Å². The molecule has 0 spiro atoms. The molecule has 2 N–H and O–H groups in total. The maximum Gasteiger partial charge on any atom is 0.329 e. The Morgan fingerprint density at radius 3 is 2.33 bits per heavy atom. The van der Waals surface area contributed by atoms with Crippen molar-refractivity contribution in [2.45, 2.75) is 26.2 Å². The number of aryl methyl sites for hydroxylation is 1. The summed E-state index contributed by atoms with van der Waals surface area (Å²) in [6, 6.07) is 12.9. The minimum Gasteiger partial charge on any atom is -0.318 e. The van der Waals surface area contributed by atoms with E-state index in [0.29, 0.717) is 11.3 Å². The molecule has 27 heavy (non-hydrogen) atoms. The van der Waals surface area contributed by atoms with Gasteiger partial charge in [0, 0.05) is 17.8 Å². The number of nitro groups is 1. The number of carbonyl (C=O) groups excluding carboxylic acids is 2. The molecule has 0 aliphatic heterocycles. The van der Waals surface area contributed by atoms with Crippen molar-refractivity contribution in [1.29, 1.82) is 0 Å². The van der Waals surface area contributed by atoms with Gasteiger partial charge in [-0.15, -0.1) is 0 Å². The zero-order valence-electron chi connectivity index (χ0n) is 14.8. The third-order valence-electron chi connectivity index (χ3n) is 3.72. The summed E-state index contributed by atoms with van der Waals surface area (Å²) in [6.45, 7) is 2.12. The van der Waals surface area contributed by atoms with E-state index in [9.17, 15) is 19.7 Å². The van der Waals surface area contributed by atoms with Gasteiger partial charge in [0.25, 0.3) is 5.69 Å². The second kappa shape index (κ2) is 9.81. The van der Waals surface area contributed by atoms with E-state index in [2.05, 4.69) is 22.8 Å². The maximum atomic E-state index is 11.9. The number of anilines is 1. The minimum atomic E-state index is -0.914. The highest BCUT2D eigenvalue weighted by Crippen LogP contribution is 2.12. The number of hydrogen-bond acceptors (Lipinski definition) is 5. The van der Waals surface area contributed by atoms with Gasteiger partial charge < -0.3 is 5.32 Å². The molecule has 0 radical (unpaired) electrons. The summed E-state index contributed by atoms with van der Waals surface area (Å²) in [4.78, 5) is 33.7. The number of nitrogens with zero attached hydrogens (tertiary/aromatic N) is 2. The van der Waals surface area contributed by atoms with Gasteiger partial charge >= 0.3 is 11.8 Å². The largest absolute Gasteiger partial charge is 0.329 e. The van der Waals surface area contributed by atoms with Crippen LogP contribution in [0, 0.1) is 10.1 Å². The molecular weight excluding hydrogens is 348 g/mol. The van der Waals surface area contributed by atoms with Crippen LogP contribution in [0.3, 0.4) is 0 Å². The summed E-state index contributed by atoms with van der Waals surface area (Å²) in [6.07, 6.45) is 4.47. The number of hydrogen-bond donors (Lipinski definition) is 2. The van der Waals surface area contributed by atoms with Crippen LogP contribution in [0.5, 0.6) is 0 Å². The molecule has 0 aliphatic carbocycles. The molecule has 2 amide bonds. The van der Waals surface area contributed by atoms with Crippen LogP contribution < -0.4 is 10.7 Å². The van der Waals surface area contributed by atoms with E-state index in [4.69, 9.17) is 0 Å². The fourth-order valence-corrected chi connectivity index (χ4v) is 2.22. The van der Waals surface area contributed by atoms with Gasteiger partial charge in [-0.05, 0) is 48.2 Å². The maximum absolute atomic E-state index is 11.9. The third kappa shape index (κ3) is 6.35. The second-order valence-electron chi connectivity index (χ2n) is 5.80. The molecule has 2 aromatic carbocycles. The van der Waals surface area contributed by atoms with E-state index in [1.165, 1.54) is 36.0 Å². The smallest absolute Gasteiger partial charge is 0.318 e. The highest BCUT2D eigenvalue weighted by molar-refractivity contribution is 6.39. The van der Waals surface area contributed by atoms with Crippen LogP contribution in [0.2, 0.25) is 0 Å². The average Bonchev–Trinajstić information content (AvgIpc) is 2.67. The second-order valence-corrected chi connectivity index (χ2v) is 5.80. The molecule has 0 aliphatic rings. The lowest BCUT2D eigenvalue weighted by Gasteiger charge is -2.05.